The molecule has 2 rings (SSSR count). The average molecular weight is 250 g/mol. The maximum absolute atomic E-state index is 3.95. The predicted octanol–water partition coefficient (Wildman–Crippen LogP) is 2.70. The highest BCUT2D eigenvalue weighted by Crippen LogP contribution is 1.97. The fraction of sp³-hybridized carbons (Fsp3) is 0.0588. The van der Waals surface area contributed by atoms with Gasteiger partial charge < -0.3 is 0 Å². The molecule has 0 aliphatic heterocycles. The highest BCUT2D eigenvalue weighted by atomic mass is 28.3. The smallest absolute Gasteiger partial charge is 0.0961 e. The van der Waals surface area contributed by atoms with Crippen molar-refractivity contribution in [3.05, 3.63) is 84.6 Å². The van der Waals surface area contributed by atoms with Crippen molar-refractivity contribution in [3.63, 3.8) is 0 Å². The number of rotatable bonds is 4. The van der Waals surface area contributed by atoms with Gasteiger partial charge in [0.05, 0.1) is 0 Å². The summed E-state index contributed by atoms with van der Waals surface area (Å²) in [5.41, 5.74) is 3.46. The summed E-state index contributed by atoms with van der Waals surface area (Å²) in [6.07, 6.45) is 2.15. The lowest BCUT2D eigenvalue weighted by atomic mass is 10.4. The highest BCUT2D eigenvalue weighted by molar-refractivity contribution is 6.89. The van der Waals surface area contributed by atoms with Crippen molar-refractivity contribution in [2.75, 3.05) is 0 Å². The standard InChI is InChI=1S/C17H18Si/c1-15(2)13-14-18(16-9-5-3-6-10-16)17-11-7-4-8-12-17/h3-14,18H,1H2,2H3/b14-13+. The molecule has 0 radical (unpaired) electrons. The van der Waals surface area contributed by atoms with E-state index in [2.05, 4.69) is 79.0 Å². The molecule has 0 saturated heterocycles. The SMILES string of the molecule is C=C(C)/C=C/[SiH](c1ccccc1)c1ccccc1. The molecular formula is C17H18Si. The summed E-state index contributed by atoms with van der Waals surface area (Å²) in [7, 11) is -1.25. The lowest BCUT2D eigenvalue weighted by Gasteiger charge is -2.12. The summed E-state index contributed by atoms with van der Waals surface area (Å²) >= 11 is 0. The second-order valence-electron chi connectivity index (χ2n) is 4.50. The summed E-state index contributed by atoms with van der Waals surface area (Å²) in [5.74, 6) is 0. The first-order valence-corrected chi connectivity index (χ1v) is 8.03. The van der Waals surface area contributed by atoms with Crippen LogP contribution in [0.2, 0.25) is 0 Å². The largest absolute Gasteiger partial charge is 0.125 e. The first-order chi connectivity index (χ1) is 8.77. The van der Waals surface area contributed by atoms with E-state index in [1.165, 1.54) is 10.4 Å². The monoisotopic (exact) mass is 250 g/mol. The summed E-state index contributed by atoms with van der Waals surface area (Å²) in [6, 6.07) is 21.5. The number of benzene rings is 2. The maximum Gasteiger partial charge on any atom is 0.125 e. The third-order valence-electron chi connectivity index (χ3n) is 2.89. The van der Waals surface area contributed by atoms with Gasteiger partial charge in [0.1, 0.15) is 8.80 Å². The van der Waals surface area contributed by atoms with Crippen molar-refractivity contribution >= 4 is 19.2 Å². The van der Waals surface area contributed by atoms with Crippen LogP contribution in [-0.2, 0) is 0 Å². The van der Waals surface area contributed by atoms with E-state index in [-0.39, 0.29) is 0 Å². The Morgan fingerprint density at radius 1 is 0.889 bits per heavy atom. The Morgan fingerprint density at radius 3 is 1.72 bits per heavy atom. The number of hydrogen-bond acceptors (Lipinski definition) is 0. The Hall–Kier alpha value is -1.86. The zero-order chi connectivity index (χ0) is 12.8. The Morgan fingerprint density at radius 2 is 1.33 bits per heavy atom. The van der Waals surface area contributed by atoms with Gasteiger partial charge >= 0.3 is 0 Å². The van der Waals surface area contributed by atoms with Crippen LogP contribution in [-0.4, -0.2) is 8.80 Å². The lowest BCUT2D eigenvalue weighted by Crippen LogP contribution is -2.40. The van der Waals surface area contributed by atoms with Crippen molar-refractivity contribution in [2.24, 2.45) is 0 Å². The minimum Gasteiger partial charge on any atom is -0.0961 e. The first-order valence-electron chi connectivity index (χ1n) is 6.21. The van der Waals surface area contributed by atoms with E-state index in [0.29, 0.717) is 0 Å². The average Bonchev–Trinajstić information content (AvgIpc) is 2.41. The molecule has 0 fully saturated rings. The Kier molecular flexibility index (Phi) is 4.32. The molecule has 0 aliphatic rings. The molecule has 0 heterocycles. The summed E-state index contributed by atoms with van der Waals surface area (Å²) in [4.78, 5) is 0. The molecule has 90 valence electrons. The normalized spacial score (nSPS) is 11.0. The topological polar surface area (TPSA) is 0 Å². The minimum atomic E-state index is -1.25. The Labute approximate surface area is 111 Å². The molecule has 0 saturated carbocycles. The van der Waals surface area contributed by atoms with Crippen molar-refractivity contribution < 1.29 is 0 Å². The van der Waals surface area contributed by atoms with E-state index in [1.807, 2.05) is 6.92 Å². The molecule has 0 spiro atoms. The van der Waals surface area contributed by atoms with Gasteiger partial charge in [0.2, 0.25) is 0 Å². The second kappa shape index (κ2) is 6.17. The third kappa shape index (κ3) is 3.31. The zero-order valence-corrected chi connectivity index (χ0v) is 11.9. The Bertz CT molecular complexity index is 487. The van der Waals surface area contributed by atoms with Crippen molar-refractivity contribution in [3.8, 4) is 0 Å². The number of allylic oxidation sites excluding steroid dienone is 2. The molecule has 0 N–H and O–H groups in total. The Balaban J connectivity index is 2.38. The predicted molar refractivity (Wildman–Crippen MR) is 83.3 cm³/mol. The molecule has 0 aliphatic carbocycles. The second-order valence-corrected chi connectivity index (χ2v) is 7.18. The van der Waals surface area contributed by atoms with Gasteiger partial charge in [0.25, 0.3) is 0 Å². The van der Waals surface area contributed by atoms with Crippen molar-refractivity contribution in [1.82, 2.24) is 0 Å². The molecule has 0 unspecified atom stereocenters. The molecule has 0 bridgehead atoms. The fourth-order valence-corrected chi connectivity index (χ4v) is 4.62. The van der Waals surface area contributed by atoms with Crippen LogP contribution in [0.15, 0.2) is 84.6 Å². The van der Waals surface area contributed by atoms with Gasteiger partial charge in [-0.25, -0.2) is 0 Å². The molecule has 0 amide bonds. The third-order valence-corrected chi connectivity index (χ3v) is 5.67. The molecule has 18 heavy (non-hydrogen) atoms. The van der Waals surface area contributed by atoms with Crippen LogP contribution < -0.4 is 10.4 Å². The van der Waals surface area contributed by atoms with Crippen LogP contribution in [0.4, 0.5) is 0 Å². The van der Waals surface area contributed by atoms with Gasteiger partial charge in [-0.15, -0.1) is 0 Å². The summed E-state index contributed by atoms with van der Waals surface area (Å²) < 4.78 is 0. The van der Waals surface area contributed by atoms with Crippen LogP contribution in [0.5, 0.6) is 0 Å². The van der Waals surface area contributed by atoms with Crippen LogP contribution >= 0.6 is 0 Å². The van der Waals surface area contributed by atoms with Gasteiger partial charge in [-0.05, 0) is 6.92 Å². The van der Waals surface area contributed by atoms with Crippen molar-refractivity contribution in [1.29, 1.82) is 0 Å². The molecule has 0 atom stereocenters. The van der Waals surface area contributed by atoms with E-state index in [9.17, 15) is 0 Å². The lowest BCUT2D eigenvalue weighted by molar-refractivity contribution is 1.57. The minimum absolute atomic E-state index is 1.11. The van der Waals surface area contributed by atoms with Crippen LogP contribution in [0.1, 0.15) is 6.92 Å². The van der Waals surface area contributed by atoms with Crippen LogP contribution in [0, 0.1) is 0 Å². The van der Waals surface area contributed by atoms with E-state index < -0.39 is 8.80 Å². The van der Waals surface area contributed by atoms with Gasteiger partial charge in [0.15, 0.2) is 0 Å². The van der Waals surface area contributed by atoms with Gasteiger partial charge in [-0.3, -0.25) is 0 Å². The van der Waals surface area contributed by atoms with Gasteiger partial charge in [0, 0.05) is 0 Å². The van der Waals surface area contributed by atoms with E-state index >= 15 is 0 Å². The molecule has 2 aromatic rings. The molecule has 2 aromatic carbocycles. The summed E-state index contributed by atoms with van der Waals surface area (Å²) in [6.45, 7) is 5.99. The fourth-order valence-electron chi connectivity index (χ4n) is 2.00. The molecule has 0 nitrogen and oxygen atoms in total. The van der Waals surface area contributed by atoms with Crippen molar-refractivity contribution in [2.45, 2.75) is 6.92 Å². The molecule has 0 aromatic heterocycles. The van der Waals surface area contributed by atoms with E-state index in [1.54, 1.807) is 0 Å². The number of hydrogen-bond donors (Lipinski definition) is 0. The van der Waals surface area contributed by atoms with Gasteiger partial charge in [-0.2, -0.15) is 0 Å². The van der Waals surface area contributed by atoms with E-state index in [4.69, 9.17) is 0 Å². The maximum atomic E-state index is 3.95. The highest BCUT2D eigenvalue weighted by Gasteiger charge is 2.11. The van der Waals surface area contributed by atoms with Crippen LogP contribution in [0.25, 0.3) is 0 Å². The van der Waals surface area contributed by atoms with Crippen LogP contribution in [0.3, 0.4) is 0 Å². The summed E-state index contributed by atoms with van der Waals surface area (Å²) in [5, 5.41) is 2.89. The van der Waals surface area contributed by atoms with E-state index in [0.717, 1.165) is 5.57 Å². The molecular weight excluding hydrogens is 232 g/mol. The van der Waals surface area contributed by atoms with Gasteiger partial charge in [-0.1, -0.05) is 95.0 Å². The quantitative estimate of drug-likeness (QED) is 0.578. The molecule has 1 heteroatoms. The first kappa shape index (κ1) is 12.6. The zero-order valence-electron chi connectivity index (χ0n) is 10.7.